The second-order valence-corrected chi connectivity index (χ2v) is 4.94. The largest absolute Gasteiger partial charge is 0.426 e. The molecular formula is C16H14ClNO5. The SMILES string of the molecule is C=CCNC(=O)c1cc2ccc(OC(=O)CCCl)cc2oc1=O. The van der Waals surface area contributed by atoms with Crippen LogP contribution in [0.2, 0.25) is 0 Å². The van der Waals surface area contributed by atoms with Gasteiger partial charge in [0.2, 0.25) is 0 Å². The molecule has 0 unspecified atom stereocenters. The van der Waals surface area contributed by atoms with Gasteiger partial charge in [0.25, 0.3) is 5.91 Å². The highest BCUT2D eigenvalue weighted by molar-refractivity contribution is 6.18. The standard InChI is InChI=1S/C16H14ClNO5/c1-2-7-18-15(20)12-8-10-3-4-11(22-14(19)5-6-17)9-13(10)23-16(12)21/h2-4,8-9H,1,5-7H2,(H,18,20). The third-order valence-electron chi connectivity index (χ3n) is 2.89. The number of fused-ring (bicyclic) bond motifs is 1. The monoisotopic (exact) mass is 335 g/mol. The van der Waals surface area contributed by atoms with E-state index < -0.39 is 17.5 Å². The lowest BCUT2D eigenvalue weighted by Gasteiger charge is -2.05. The lowest BCUT2D eigenvalue weighted by atomic mass is 10.1. The number of carbonyl (C=O) groups excluding carboxylic acids is 2. The number of carbonyl (C=O) groups is 2. The number of alkyl halides is 1. The molecule has 1 amide bonds. The predicted octanol–water partition coefficient (Wildman–Crippen LogP) is 2.24. The number of halogens is 1. The highest BCUT2D eigenvalue weighted by atomic mass is 35.5. The first-order chi connectivity index (χ1) is 11.0. The Morgan fingerprint density at radius 3 is 2.83 bits per heavy atom. The first-order valence-electron chi connectivity index (χ1n) is 6.79. The number of amides is 1. The highest BCUT2D eigenvalue weighted by Crippen LogP contribution is 2.21. The first-order valence-corrected chi connectivity index (χ1v) is 7.32. The van der Waals surface area contributed by atoms with Crippen LogP contribution in [0.3, 0.4) is 0 Å². The lowest BCUT2D eigenvalue weighted by molar-refractivity contribution is -0.133. The Morgan fingerprint density at radius 1 is 1.35 bits per heavy atom. The maximum absolute atomic E-state index is 11.9. The fraction of sp³-hybridized carbons (Fsp3) is 0.188. The molecule has 1 heterocycles. The summed E-state index contributed by atoms with van der Waals surface area (Å²) in [4.78, 5) is 35.1. The Hall–Kier alpha value is -2.60. The average Bonchev–Trinajstić information content (AvgIpc) is 2.52. The minimum atomic E-state index is -0.775. The van der Waals surface area contributed by atoms with Gasteiger partial charge in [-0.1, -0.05) is 6.08 Å². The van der Waals surface area contributed by atoms with E-state index in [1.165, 1.54) is 18.2 Å². The molecule has 0 bridgehead atoms. The van der Waals surface area contributed by atoms with Crippen LogP contribution in [0.25, 0.3) is 11.0 Å². The normalized spacial score (nSPS) is 10.3. The molecule has 0 atom stereocenters. The molecule has 1 aromatic carbocycles. The number of esters is 1. The Kier molecular flexibility index (Phi) is 5.54. The Bertz CT molecular complexity index is 812. The van der Waals surface area contributed by atoms with Crippen molar-refractivity contribution < 1.29 is 18.7 Å². The molecule has 0 radical (unpaired) electrons. The number of ether oxygens (including phenoxy) is 1. The molecule has 2 rings (SSSR count). The number of hydrogen-bond donors (Lipinski definition) is 1. The van der Waals surface area contributed by atoms with E-state index >= 15 is 0 Å². The predicted molar refractivity (Wildman–Crippen MR) is 86.0 cm³/mol. The fourth-order valence-corrected chi connectivity index (χ4v) is 1.99. The van der Waals surface area contributed by atoms with Gasteiger partial charge >= 0.3 is 11.6 Å². The summed E-state index contributed by atoms with van der Waals surface area (Å²) < 4.78 is 10.2. The highest BCUT2D eigenvalue weighted by Gasteiger charge is 2.14. The molecule has 0 aliphatic heterocycles. The fourth-order valence-electron chi connectivity index (χ4n) is 1.83. The first kappa shape index (κ1) is 16.8. The summed E-state index contributed by atoms with van der Waals surface area (Å²) >= 11 is 5.46. The van der Waals surface area contributed by atoms with Crippen LogP contribution < -0.4 is 15.7 Å². The van der Waals surface area contributed by atoms with Crippen molar-refractivity contribution in [2.75, 3.05) is 12.4 Å². The zero-order valence-electron chi connectivity index (χ0n) is 12.1. The van der Waals surface area contributed by atoms with Gasteiger partial charge in [-0.05, 0) is 18.2 Å². The third-order valence-corrected chi connectivity index (χ3v) is 3.08. The van der Waals surface area contributed by atoms with Gasteiger partial charge in [-0.25, -0.2) is 4.79 Å². The van der Waals surface area contributed by atoms with Crippen molar-refractivity contribution in [3.8, 4) is 5.75 Å². The summed E-state index contributed by atoms with van der Waals surface area (Å²) in [6.07, 6.45) is 1.58. The van der Waals surface area contributed by atoms with Crippen LogP contribution in [-0.4, -0.2) is 24.3 Å². The summed E-state index contributed by atoms with van der Waals surface area (Å²) in [5, 5.41) is 3.04. The van der Waals surface area contributed by atoms with E-state index in [1.807, 2.05) is 0 Å². The minimum absolute atomic E-state index is 0.0754. The Morgan fingerprint density at radius 2 is 2.13 bits per heavy atom. The second-order valence-electron chi connectivity index (χ2n) is 4.56. The molecule has 0 aliphatic rings. The molecule has 0 spiro atoms. The lowest BCUT2D eigenvalue weighted by Crippen LogP contribution is -2.28. The van der Waals surface area contributed by atoms with Crippen LogP contribution in [0.1, 0.15) is 16.8 Å². The second kappa shape index (κ2) is 7.60. The molecule has 7 heteroatoms. The topological polar surface area (TPSA) is 85.6 Å². The average molecular weight is 336 g/mol. The van der Waals surface area contributed by atoms with E-state index in [2.05, 4.69) is 11.9 Å². The van der Waals surface area contributed by atoms with Gasteiger partial charge in [0.05, 0.1) is 6.42 Å². The molecular weight excluding hydrogens is 322 g/mol. The minimum Gasteiger partial charge on any atom is -0.426 e. The van der Waals surface area contributed by atoms with Crippen molar-refractivity contribution in [2.24, 2.45) is 0 Å². The van der Waals surface area contributed by atoms with E-state index in [0.717, 1.165) is 0 Å². The van der Waals surface area contributed by atoms with Crippen molar-refractivity contribution in [2.45, 2.75) is 6.42 Å². The van der Waals surface area contributed by atoms with Crippen LogP contribution in [-0.2, 0) is 4.79 Å². The molecule has 1 aromatic heterocycles. The summed E-state index contributed by atoms with van der Waals surface area (Å²) in [5.41, 5.74) is -0.666. The van der Waals surface area contributed by atoms with Crippen molar-refractivity contribution in [1.29, 1.82) is 0 Å². The van der Waals surface area contributed by atoms with Crippen LogP contribution in [0, 0.1) is 0 Å². The zero-order chi connectivity index (χ0) is 16.8. The number of benzene rings is 1. The van der Waals surface area contributed by atoms with Crippen LogP contribution in [0.5, 0.6) is 5.75 Å². The van der Waals surface area contributed by atoms with E-state index in [4.69, 9.17) is 20.8 Å². The van der Waals surface area contributed by atoms with Gasteiger partial charge in [0.1, 0.15) is 16.9 Å². The van der Waals surface area contributed by atoms with Gasteiger partial charge in [0.15, 0.2) is 0 Å². The maximum atomic E-state index is 11.9. The van der Waals surface area contributed by atoms with Gasteiger partial charge in [0, 0.05) is 23.9 Å². The molecule has 6 nitrogen and oxygen atoms in total. The van der Waals surface area contributed by atoms with Crippen LogP contribution in [0.4, 0.5) is 0 Å². The van der Waals surface area contributed by atoms with Gasteiger partial charge < -0.3 is 14.5 Å². The molecule has 0 fully saturated rings. The van der Waals surface area contributed by atoms with Crippen molar-refractivity contribution >= 4 is 34.4 Å². The van der Waals surface area contributed by atoms with E-state index in [1.54, 1.807) is 12.1 Å². The molecule has 23 heavy (non-hydrogen) atoms. The summed E-state index contributed by atoms with van der Waals surface area (Å²) in [7, 11) is 0. The van der Waals surface area contributed by atoms with Crippen molar-refractivity contribution in [3.05, 3.63) is 52.9 Å². The Labute approximate surface area is 136 Å². The number of hydrogen-bond acceptors (Lipinski definition) is 5. The molecule has 120 valence electrons. The zero-order valence-corrected chi connectivity index (χ0v) is 12.9. The number of nitrogens with one attached hydrogen (secondary N) is 1. The van der Waals surface area contributed by atoms with Gasteiger partial charge in [-0.2, -0.15) is 0 Å². The van der Waals surface area contributed by atoms with E-state index in [-0.39, 0.29) is 35.7 Å². The van der Waals surface area contributed by atoms with Gasteiger partial charge in [-0.15, -0.1) is 18.2 Å². The molecule has 0 saturated heterocycles. The van der Waals surface area contributed by atoms with Crippen molar-refractivity contribution in [1.82, 2.24) is 5.32 Å². The maximum Gasteiger partial charge on any atom is 0.349 e. The molecule has 1 N–H and O–H groups in total. The van der Waals surface area contributed by atoms with Crippen molar-refractivity contribution in [3.63, 3.8) is 0 Å². The van der Waals surface area contributed by atoms with E-state index in [0.29, 0.717) is 5.39 Å². The van der Waals surface area contributed by atoms with E-state index in [9.17, 15) is 14.4 Å². The third kappa shape index (κ3) is 4.20. The number of rotatable bonds is 6. The quantitative estimate of drug-likeness (QED) is 0.288. The van der Waals surface area contributed by atoms with Gasteiger partial charge in [-0.3, -0.25) is 9.59 Å². The molecule has 0 saturated carbocycles. The summed E-state index contributed by atoms with van der Waals surface area (Å²) in [6, 6.07) is 5.96. The molecule has 0 aliphatic carbocycles. The Balaban J connectivity index is 2.31. The smallest absolute Gasteiger partial charge is 0.349 e. The van der Waals surface area contributed by atoms with Crippen LogP contribution in [0.15, 0.2) is 46.1 Å². The van der Waals surface area contributed by atoms with Crippen LogP contribution >= 0.6 is 11.6 Å². The summed E-state index contributed by atoms with van der Waals surface area (Å²) in [5.74, 6) is -0.634. The summed E-state index contributed by atoms with van der Waals surface area (Å²) in [6.45, 7) is 3.72. The molecule has 2 aromatic rings.